The van der Waals surface area contributed by atoms with Crippen LogP contribution < -0.4 is 0 Å². The van der Waals surface area contributed by atoms with Crippen LogP contribution in [0.3, 0.4) is 0 Å². The number of fused-ring (bicyclic) bond motifs is 3. The Kier molecular flexibility index (Phi) is 5.55. The van der Waals surface area contributed by atoms with E-state index in [1.165, 1.54) is 16.2 Å². The number of nitrogens with zero attached hydrogens (tertiary/aromatic N) is 1. The number of aliphatic carboxylic acids is 1. The maximum Gasteiger partial charge on any atom is 0.411 e. The molecule has 2 aromatic carbocycles. The van der Waals surface area contributed by atoms with Crippen LogP contribution in [0.5, 0.6) is 0 Å². The minimum absolute atomic E-state index is 0.0613. The predicted molar refractivity (Wildman–Crippen MR) is 127 cm³/mol. The van der Waals surface area contributed by atoms with Gasteiger partial charge in [0, 0.05) is 26.2 Å². The van der Waals surface area contributed by atoms with Crippen LogP contribution in [0.25, 0.3) is 11.1 Å². The Morgan fingerprint density at radius 3 is 2.22 bits per heavy atom. The molecule has 0 spiro atoms. The number of carboxylic acids is 1. The fraction of sp³-hybridized carbons (Fsp3) is 0.280. The first-order valence-corrected chi connectivity index (χ1v) is 12.2. The van der Waals surface area contributed by atoms with E-state index in [-0.39, 0.29) is 18.6 Å². The zero-order valence-electron chi connectivity index (χ0n) is 17.5. The fourth-order valence-corrected chi connectivity index (χ4v) is 6.13. The van der Waals surface area contributed by atoms with Crippen LogP contribution in [0.1, 0.15) is 45.7 Å². The number of rotatable bonds is 6. The predicted octanol–water partition coefficient (Wildman–Crippen LogP) is 6.36. The third kappa shape index (κ3) is 3.73. The first kappa shape index (κ1) is 21.2. The van der Waals surface area contributed by atoms with Gasteiger partial charge in [-0.25, -0.2) is 9.59 Å². The topological polar surface area (TPSA) is 66.8 Å². The van der Waals surface area contributed by atoms with E-state index in [9.17, 15) is 14.7 Å². The Morgan fingerprint density at radius 1 is 1.12 bits per heavy atom. The number of hydrogen-bond donors (Lipinski definition) is 1. The summed E-state index contributed by atoms with van der Waals surface area (Å²) in [7, 11) is 0. The van der Waals surface area contributed by atoms with E-state index >= 15 is 0 Å². The Labute approximate surface area is 198 Å². The van der Waals surface area contributed by atoms with Crippen molar-refractivity contribution >= 4 is 39.3 Å². The number of thiophene rings is 1. The molecule has 2 aliphatic carbocycles. The molecule has 1 amide bonds. The van der Waals surface area contributed by atoms with Crippen molar-refractivity contribution in [3.63, 3.8) is 0 Å². The standard InChI is InChI=1S/C25H22BrNO4S/c1-14-21(26)12-22(32-14)23(24(28)29)27(15-10-11-15)25(30)31-13-20-18-8-4-2-6-16(18)17-7-3-5-9-19(17)20/h2-9,12,15,20,23H,10-11,13H2,1H3,(H,28,29). The van der Waals surface area contributed by atoms with Gasteiger partial charge < -0.3 is 9.84 Å². The maximum absolute atomic E-state index is 13.2. The monoisotopic (exact) mass is 511 g/mol. The van der Waals surface area contributed by atoms with Crippen molar-refractivity contribution in [1.82, 2.24) is 4.90 Å². The van der Waals surface area contributed by atoms with E-state index in [4.69, 9.17) is 4.74 Å². The van der Waals surface area contributed by atoms with Crippen molar-refractivity contribution in [3.8, 4) is 11.1 Å². The summed E-state index contributed by atoms with van der Waals surface area (Å²) in [5, 5.41) is 10.0. The first-order valence-electron chi connectivity index (χ1n) is 10.6. The number of halogens is 1. The van der Waals surface area contributed by atoms with Gasteiger partial charge in [-0.15, -0.1) is 11.3 Å². The van der Waals surface area contributed by atoms with Crippen molar-refractivity contribution in [3.05, 3.63) is 80.0 Å². The second kappa shape index (κ2) is 8.37. The van der Waals surface area contributed by atoms with Gasteiger partial charge in [0.15, 0.2) is 6.04 Å². The lowest BCUT2D eigenvalue weighted by molar-refractivity contribution is -0.143. The molecule has 5 nitrogen and oxygen atoms in total. The van der Waals surface area contributed by atoms with Gasteiger partial charge in [0.2, 0.25) is 0 Å². The Morgan fingerprint density at radius 2 is 1.72 bits per heavy atom. The highest BCUT2D eigenvalue weighted by Gasteiger charge is 2.43. The highest BCUT2D eigenvalue weighted by molar-refractivity contribution is 9.10. The molecular weight excluding hydrogens is 490 g/mol. The van der Waals surface area contributed by atoms with Gasteiger partial charge in [-0.2, -0.15) is 0 Å². The van der Waals surface area contributed by atoms with Crippen LogP contribution in [0.15, 0.2) is 59.1 Å². The number of aryl methyl sites for hydroxylation is 1. The first-order chi connectivity index (χ1) is 15.5. The largest absolute Gasteiger partial charge is 0.479 e. The molecule has 0 saturated heterocycles. The molecule has 1 unspecified atom stereocenters. The summed E-state index contributed by atoms with van der Waals surface area (Å²) in [5.41, 5.74) is 4.58. The average Bonchev–Trinajstić information content (AvgIpc) is 3.49. The summed E-state index contributed by atoms with van der Waals surface area (Å²) in [5.74, 6) is -1.10. The minimum Gasteiger partial charge on any atom is -0.479 e. The Balaban J connectivity index is 1.40. The van der Waals surface area contributed by atoms with Gasteiger partial charge in [0.1, 0.15) is 6.61 Å². The van der Waals surface area contributed by atoms with Gasteiger partial charge in [-0.1, -0.05) is 48.5 Å². The van der Waals surface area contributed by atoms with E-state index in [0.717, 1.165) is 44.4 Å². The van der Waals surface area contributed by atoms with Crippen LogP contribution in [0.4, 0.5) is 4.79 Å². The van der Waals surface area contributed by atoms with Crippen molar-refractivity contribution in [2.75, 3.05) is 6.61 Å². The lowest BCUT2D eigenvalue weighted by Gasteiger charge is -2.28. The van der Waals surface area contributed by atoms with E-state index in [1.54, 1.807) is 6.07 Å². The zero-order valence-corrected chi connectivity index (χ0v) is 19.9. The normalized spacial score (nSPS) is 15.7. The summed E-state index contributed by atoms with van der Waals surface area (Å²) in [4.78, 5) is 28.5. The number of ether oxygens (including phenoxy) is 1. The van der Waals surface area contributed by atoms with Crippen molar-refractivity contribution in [1.29, 1.82) is 0 Å². The lowest BCUT2D eigenvalue weighted by atomic mass is 9.98. The van der Waals surface area contributed by atoms with Crippen molar-refractivity contribution in [2.45, 2.75) is 37.8 Å². The molecular formula is C25H22BrNO4S. The quantitative estimate of drug-likeness (QED) is 0.418. The number of carbonyl (C=O) groups is 2. The number of benzene rings is 2. The molecule has 0 radical (unpaired) electrons. The number of carboxylic acid groups (broad SMARTS) is 1. The van der Waals surface area contributed by atoms with Crippen LogP contribution >= 0.6 is 27.3 Å². The molecule has 164 valence electrons. The molecule has 32 heavy (non-hydrogen) atoms. The molecule has 1 saturated carbocycles. The maximum atomic E-state index is 13.2. The molecule has 1 N–H and O–H groups in total. The minimum atomic E-state index is -1.05. The Hall–Kier alpha value is -2.64. The van der Waals surface area contributed by atoms with E-state index in [1.807, 2.05) is 31.2 Å². The second-order valence-corrected chi connectivity index (χ2v) is 10.4. The average molecular weight is 512 g/mol. The van der Waals surface area contributed by atoms with Crippen molar-refractivity contribution < 1.29 is 19.4 Å². The van der Waals surface area contributed by atoms with E-state index < -0.39 is 18.1 Å². The molecule has 7 heteroatoms. The van der Waals surface area contributed by atoms with E-state index in [0.29, 0.717) is 4.88 Å². The Bertz CT molecular complexity index is 1140. The highest BCUT2D eigenvalue weighted by Crippen LogP contribution is 2.45. The zero-order chi connectivity index (χ0) is 22.4. The van der Waals surface area contributed by atoms with E-state index in [2.05, 4.69) is 40.2 Å². The van der Waals surface area contributed by atoms with Gasteiger partial charge in [-0.3, -0.25) is 4.90 Å². The number of hydrogen-bond acceptors (Lipinski definition) is 4. The van der Waals surface area contributed by atoms with Crippen LogP contribution in [0.2, 0.25) is 0 Å². The summed E-state index contributed by atoms with van der Waals surface area (Å²) >= 11 is 4.85. The SMILES string of the molecule is Cc1sc(C(C(=O)O)N(C(=O)OCC2c3ccccc3-c3ccccc32)C2CC2)cc1Br. The molecule has 3 aromatic rings. The van der Waals surface area contributed by atoms with Gasteiger partial charge >= 0.3 is 12.1 Å². The summed E-state index contributed by atoms with van der Waals surface area (Å²) in [6.45, 7) is 2.10. The third-order valence-corrected chi connectivity index (χ3v) is 8.33. The highest BCUT2D eigenvalue weighted by atomic mass is 79.9. The summed E-state index contributed by atoms with van der Waals surface area (Å²) in [6, 6.07) is 17.0. The smallest absolute Gasteiger partial charge is 0.411 e. The molecule has 2 aliphatic rings. The molecule has 1 aromatic heterocycles. The number of amides is 1. The summed E-state index contributed by atoms with van der Waals surface area (Å²) < 4.78 is 6.66. The van der Waals surface area contributed by atoms with Crippen molar-refractivity contribution in [2.24, 2.45) is 0 Å². The molecule has 1 fully saturated rings. The van der Waals surface area contributed by atoms with Gasteiger partial charge in [0.25, 0.3) is 0 Å². The van der Waals surface area contributed by atoms with Gasteiger partial charge in [0.05, 0.1) is 0 Å². The van der Waals surface area contributed by atoms with Crippen LogP contribution in [-0.2, 0) is 9.53 Å². The second-order valence-electron chi connectivity index (χ2n) is 8.24. The third-order valence-electron chi connectivity index (χ3n) is 6.14. The molecule has 5 rings (SSSR count). The molecule has 0 aliphatic heterocycles. The van der Waals surface area contributed by atoms with Crippen LogP contribution in [-0.4, -0.2) is 34.7 Å². The summed E-state index contributed by atoms with van der Waals surface area (Å²) in [6.07, 6.45) is 1.02. The molecule has 1 heterocycles. The lowest BCUT2D eigenvalue weighted by Crippen LogP contribution is -2.41. The molecule has 1 atom stereocenters. The van der Waals surface area contributed by atoms with Crippen LogP contribution in [0, 0.1) is 6.92 Å². The number of carbonyl (C=O) groups excluding carboxylic acids is 1. The molecule has 0 bridgehead atoms. The fourth-order valence-electron chi connectivity index (χ4n) is 4.48. The van der Waals surface area contributed by atoms with Gasteiger partial charge in [-0.05, 0) is 64.0 Å².